The Bertz CT molecular complexity index is 1830. The van der Waals surface area contributed by atoms with Crippen LogP contribution in [0.25, 0.3) is 44.4 Å². The van der Waals surface area contributed by atoms with Gasteiger partial charge < -0.3 is 5.11 Å². The van der Waals surface area contributed by atoms with E-state index in [0.29, 0.717) is 12.3 Å². The molecule has 3 nitrogen and oxygen atoms in total. The van der Waals surface area contributed by atoms with Crippen molar-refractivity contribution >= 4 is 16.7 Å². The molecular formula is C40H40IrNO2-. The van der Waals surface area contributed by atoms with Gasteiger partial charge in [-0.05, 0) is 64.0 Å². The summed E-state index contributed by atoms with van der Waals surface area (Å²) in [5.41, 5.74) is 13.2. The number of hydrogen-bond donors (Lipinski definition) is 1. The zero-order valence-corrected chi connectivity index (χ0v) is 29.0. The first-order valence-electron chi connectivity index (χ1n) is 15.0. The zero-order chi connectivity index (χ0) is 30.9. The number of benzene rings is 4. The topological polar surface area (TPSA) is 50.2 Å². The number of ketones is 1. The third kappa shape index (κ3) is 6.93. The van der Waals surface area contributed by atoms with Crippen LogP contribution in [-0.2, 0) is 30.3 Å². The number of pyridine rings is 1. The van der Waals surface area contributed by atoms with Crippen molar-refractivity contribution in [3.8, 4) is 33.5 Å². The monoisotopic (exact) mass is 759 g/mol. The van der Waals surface area contributed by atoms with Crippen LogP contribution < -0.4 is 0 Å². The van der Waals surface area contributed by atoms with E-state index in [1.54, 1.807) is 0 Å². The summed E-state index contributed by atoms with van der Waals surface area (Å²) in [5.74, 6) is 0.448. The third-order valence-electron chi connectivity index (χ3n) is 8.00. The Kier molecular flexibility index (Phi) is 10.1. The molecule has 0 amide bonds. The van der Waals surface area contributed by atoms with E-state index in [0.717, 1.165) is 22.3 Å². The number of aliphatic hydroxyl groups excluding tert-OH is 1. The van der Waals surface area contributed by atoms with Crippen molar-refractivity contribution < 1.29 is 30.0 Å². The van der Waals surface area contributed by atoms with Gasteiger partial charge in [-0.1, -0.05) is 102 Å². The number of fused-ring (bicyclic) bond motifs is 4. The predicted molar refractivity (Wildman–Crippen MR) is 179 cm³/mol. The number of aliphatic hydroxyl groups is 1. The van der Waals surface area contributed by atoms with Gasteiger partial charge in [-0.25, -0.2) is 0 Å². The average molecular weight is 759 g/mol. The fraction of sp³-hybridized carbons (Fsp3) is 0.250. The van der Waals surface area contributed by atoms with E-state index in [2.05, 4.69) is 119 Å². The van der Waals surface area contributed by atoms with Crippen molar-refractivity contribution in [3.63, 3.8) is 0 Å². The van der Waals surface area contributed by atoms with Crippen LogP contribution in [0.5, 0.6) is 0 Å². The van der Waals surface area contributed by atoms with Gasteiger partial charge in [0.1, 0.15) is 0 Å². The molecule has 0 saturated heterocycles. The Labute approximate surface area is 275 Å². The van der Waals surface area contributed by atoms with E-state index >= 15 is 0 Å². The van der Waals surface area contributed by atoms with E-state index in [4.69, 9.17) is 10.1 Å². The summed E-state index contributed by atoms with van der Waals surface area (Å²) in [7, 11) is 0. The van der Waals surface area contributed by atoms with Gasteiger partial charge in [-0.2, -0.15) is 0 Å². The predicted octanol–water partition coefficient (Wildman–Crippen LogP) is 10.4. The van der Waals surface area contributed by atoms with Crippen molar-refractivity contribution in [1.82, 2.24) is 4.98 Å². The van der Waals surface area contributed by atoms with Crippen molar-refractivity contribution in [2.75, 3.05) is 0 Å². The second kappa shape index (κ2) is 13.4. The minimum atomic E-state index is -0.0449. The molecule has 0 unspecified atom stereocenters. The summed E-state index contributed by atoms with van der Waals surface area (Å²) < 4.78 is 0. The van der Waals surface area contributed by atoms with Gasteiger partial charge in [-0.3, -0.25) is 9.78 Å². The summed E-state index contributed by atoms with van der Waals surface area (Å²) in [6, 6.07) is 34.3. The van der Waals surface area contributed by atoms with Crippen LogP contribution in [-0.4, -0.2) is 15.9 Å². The molecule has 44 heavy (non-hydrogen) atoms. The van der Waals surface area contributed by atoms with Gasteiger partial charge >= 0.3 is 0 Å². The molecule has 1 aliphatic carbocycles. The molecule has 1 N–H and O–H groups in total. The average Bonchev–Trinajstić information content (AvgIpc) is 3.17. The Morgan fingerprint density at radius 1 is 0.886 bits per heavy atom. The number of allylic oxidation sites excluding steroid dienone is 2. The molecule has 0 aliphatic heterocycles. The van der Waals surface area contributed by atoms with Crippen molar-refractivity contribution in [2.24, 2.45) is 5.92 Å². The molecule has 0 spiro atoms. The van der Waals surface area contributed by atoms with Gasteiger partial charge in [0, 0.05) is 43.4 Å². The molecule has 4 heteroatoms. The van der Waals surface area contributed by atoms with Crippen LogP contribution in [0.3, 0.4) is 0 Å². The van der Waals surface area contributed by atoms with Crippen molar-refractivity contribution in [3.05, 3.63) is 125 Å². The van der Waals surface area contributed by atoms with Crippen LogP contribution in [0.15, 0.2) is 96.8 Å². The Hall–Kier alpha value is -3.85. The zero-order valence-electron chi connectivity index (χ0n) is 26.6. The van der Waals surface area contributed by atoms with E-state index in [-0.39, 0.29) is 37.1 Å². The molecule has 0 bridgehead atoms. The molecule has 6 rings (SSSR count). The molecule has 5 aromatic rings. The fourth-order valence-corrected chi connectivity index (χ4v) is 6.14. The first kappa shape index (κ1) is 33.1. The summed E-state index contributed by atoms with van der Waals surface area (Å²) in [6.07, 6.45) is 1.78. The Morgan fingerprint density at radius 3 is 2.23 bits per heavy atom. The minimum absolute atomic E-state index is 0. The molecule has 1 aromatic heterocycles. The van der Waals surface area contributed by atoms with E-state index < -0.39 is 0 Å². The van der Waals surface area contributed by atoms with E-state index in [1.165, 1.54) is 57.3 Å². The van der Waals surface area contributed by atoms with Crippen LogP contribution in [0.1, 0.15) is 63.3 Å². The number of carbonyl (C=O) groups excluding carboxylic acids is 1. The van der Waals surface area contributed by atoms with Crippen LogP contribution >= 0.6 is 0 Å². The smallest absolute Gasteiger partial charge is 0.159 e. The molecular weight excluding hydrogens is 719 g/mol. The number of aromatic nitrogens is 1. The SMILES string of the molecule is C/C(O)=C/C(=O)CC(C)C.Cc1[c-]c(-c2cc(-c3ccccc3)c3cc4c(cc3n2)C(C)(C)c2ccccc2-4)cc(C)c1.[Ir]. The molecule has 0 atom stereocenters. The van der Waals surface area contributed by atoms with Crippen LogP contribution in [0, 0.1) is 25.8 Å². The van der Waals surface area contributed by atoms with Gasteiger partial charge in [0.05, 0.1) is 11.3 Å². The van der Waals surface area contributed by atoms with Crippen molar-refractivity contribution in [2.45, 2.75) is 60.3 Å². The quantitative estimate of drug-likeness (QED) is 0.110. The fourth-order valence-electron chi connectivity index (χ4n) is 6.14. The van der Waals surface area contributed by atoms with Crippen LogP contribution in [0.4, 0.5) is 0 Å². The molecule has 1 aliphatic rings. The molecule has 227 valence electrons. The maximum Gasteiger partial charge on any atom is 0.159 e. The van der Waals surface area contributed by atoms with Crippen LogP contribution in [0.2, 0.25) is 0 Å². The van der Waals surface area contributed by atoms with Gasteiger partial charge in [0.2, 0.25) is 0 Å². The molecule has 1 radical (unpaired) electrons. The number of aryl methyl sites for hydroxylation is 2. The summed E-state index contributed by atoms with van der Waals surface area (Å²) in [6.45, 7) is 14.3. The largest absolute Gasteiger partial charge is 0.512 e. The number of carbonyl (C=O) groups is 1. The molecule has 0 saturated carbocycles. The Morgan fingerprint density at radius 2 is 1.57 bits per heavy atom. The van der Waals surface area contributed by atoms with Crippen molar-refractivity contribution in [1.29, 1.82) is 0 Å². The maximum atomic E-state index is 10.8. The maximum absolute atomic E-state index is 10.8. The standard InChI is InChI=1S/C32H26N.C8H14O2.Ir/c1-20-14-21(2)16-23(15-20)30-18-25(22-10-6-5-7-11-22)27-17-26-24-12-8-9-13-28(24)32(3,4)29(26)19-31(27)33-30;1-6(2)4-8(10)5-7(3)9;/h5-15,17-19H,1-4H3;5-6,9H,4H2,1-3H3;/q-1;;/b;7-5-;. The second-order valence-corrected chi connectivity index (χ2v) is 12.6. The number of nitrogens with zero attached hydrogens (tertiary/aromatic N) is 1. The number of rotatable bonds is 5. The first-order chi connectivity index (χ1) is 20.4. The van der Waals surface area contributed by atoms with E-state index in [1.807, 2.05) is 13.8 Å². The minimum Gasteiger partial charge on any atom is -0.512 e. The van der Waals surface area contributed by atoms with Gasteiger partial charge in [-0.15, -0.1) is 34.9 Å². The third-order valence-corrected chi connectivity index (χ3v) is 8.00. The molecule has 1 heterocycles. The summed E-state index contributed by atoms with van der Waals surface area (Å²) in [4.78, 5) is 16.0. The van der Waals surface area contributed by atoms with E-state index in [9.17, 15) is 4.79 Å². The summed E-state index contributed by atoms with van der Waals surface area (Å²) >= 11 is 0. The second-order valence-electron chi connectivity index (χ2n) is 12.6. The molecule has 4 aromatic carbocycles. The first-order valence-corrected chi connectivity index (χ1v) is 15.0. The van der Waals surface area contributed by atoms with Gasteiger partial charge in [0.15, 0.2) is 5.78 Å². The summed E-state index contributed by atoms with van der Waals surface area (Å²) in [5, 5.41) is 9.87. The molecule has 0 fully saturated rings. The normalized spacial score (nSPS) is 13.0. The van der Waals surface area contributed by atoms with Gasteiger partial charge in [0.25, 0.3) is 0 Å². The Balaban J connectivity index is 0.000000350. The number of hydrogen-bond acceptors (Lipinski definition) is 3.